The predicted molar refractivity (Wildman–Crippen MR) is 110 cm³/mol. The van der Waals surface area contributed by atoms with E-state index in [1.807, 2.05) is 36.4 Å². The van der Waals surface area contributed by atoms with Gasteiger partial charge in [-0.25, -0.2) is 0 Å². The summed E-state index contributed by atoms with van der Waals surface area (Å²) in [5, 5.41) is 4.53. The number of hydrogen-bond acceptors (Lipinski definition) is 4. The average molecular weight is 371 g/mol. The molecule has 2 N–H and O–H groups in total. The minimum Gasteiger partial charge on any atom is -0.464 e. The fourth-order valence-electron chi connectivity index (χ4n) is 4.10. The molecule has 0 amide bonds. The first-order chi connectivity index (χ1) is 13.5. The molecule has 0 unspecified atom stereocenters. The summed E-state index contributed by atoms with van der Waals surface area (Å²) >= 11 is 0. The normalized spacial score (nSPS) is 15.6. The first-order valence-corrected chi connectivity index (χ1v) is 9.43. The van der Waals surface area contributed by atoms with Gasteiger partial charge in [0.25, 0.3) is 0 Å². The molecule has 0 saturated carbocycles. The number of aromatic amines is 1. The molecular weight excluding hydrogens is 350 g/mol. The third kappa shape index (κ3) is 2.80. The predicted octanol–water partition coefficient (Wildman–Crippen LogP) is 5.72. The fourth-order valence-corrected chi connectivity index (χ4v) is 4.10. The molecule has 0 aliphatic heterocycles. The van der Waals surface area contributed by atoms with E-state index >= 15 is 0 Å². The van der Waals surface area contributed by atoms with Crippen LogP contribution in [0.5, 0.6) is 0 Å². The van der Waals surface area contributed by atoms with Crippen LogP contribution < -0.4 is 5.32 Å². The minimum atomic E-state index is -0.0442. The maximum Gasteiger partial charge on any atom is 0.167 e. The van der Waals surface area contributed by atoms with Gasteiger partial charge in [0.1, 0.15) is 5.58 Å². The van der Waals surface area contributed by atoms with Crippen LogP contribution in [0.25, 0.3) is 22.2 Å². The summed E-state index contributed by atoms with van der Waals surface area (Å²) in [5.74, 6) is 0.176. The number of fused-ring (bicyclic) bond motifs is 2. The average Bonchev–Trinajstić information content (AvgIpc) is 3.26. The van der Waals surface area contributed by atoms with Crippen molar-refractivity contribution < 1.29 is 9.21 Å². The molecule has 0 fully saturated rings. The highest BCUT2D eigenvalue weighted by Crippen LogP contribution is 2.43. The number of benzene rings is 1. The van der Waals surface area contributed by atoms with Crippen LogP contribution in [0.4, 0.5) is 11.4 Å². The number of aromatic nitrogens is 2. The molecule has 5 rings (SSSR count). The Morgan fingerprint density at radius 3 is 2.75 bits per heavy atom. The monoisotopic (exact) mass is 371 g/mol. The summed E-state index contributed by atoms with van der Waals surface area (Å²) in [4.78, 5) is 20.7. The minimum absolute atomic E-state index is 0.0442. The molecule has 0 spiro atoms. The molecule has 0 radical (unpaired) electrons. The van der Waals surface area contributed by atoms with Crippen molar-refractivity contribution in [3.8, 4) is 11.3 Å². The van der Waals surface area contributed by atoms with Gasteiger partial charge in [-0.15, -0.1) is 0 Å². The van der Waals surface area contributed by atoms with E-state index in [0.717, 1.165) is 51.3 Å². The number of hydrogen-bond donors (Lipinski definition) is 2. The molecule has 1 aliphatic carbocycles. The van der Waals surface area contributed by atoms with Gasteiger partial charge in [-0.05, 0) is 48.2 Å². The number of nitrogens with zero attached hydrogens (tertiary/aromatic N) is 1. The van der Waals surface area contributed by atoms with Gasteiger partial charge in [0, 0.05) is 41.1 Å². The number of ketones is 1. The van der Waals surface area contributed by atoms with Crippen LogP contribution in [0.1, 0.15) is 36.3 Å². The molecular formula is C23H21N3O2. The van der Waals surface area contributed by atoms with Gasteiger partial charge < -0.3 is 14.7 Å². The second-order valence-corrected chi connectivity index (χ2v) is 8.20. The van der Waals surface area contributed by atoms with Gasteiger partial charge in [0.05, 0.1) is 23.2 Å². The summed E-state index contributed by atoms with van der Waals surface area (Å²) in [7, 11) is 0. The van der Waals surface area contributed by atoms with Crippen molar-refractivity contribution in [2.75, 3.05) is 5.32 Å². The standard InChI is InChI=1S/C23H21N3O2/c1-23(2)12-17-20(18(27)13-23)22(21(26-17)14-5-8-24-9-6-14)25-16-3-4-19-15(11-16)7-10-28-19/h3-11,25-26H,12-13H2,1-2H3. The molecule has 3 aromatic heterocycles. The molecule has 28 heavy (non-hydrogen) atoms. The maximum atomic E-state index is 13.0. The Bertz CT molecular complexity index is 1190. The van der Waals surface area contributed by atoms with Crippen LogP contribution in [0, 0.1) is 5.41 Å². The summed E-state index contributed by atoms with van der Waals surface area (Å²) in [6.07, 6.45) is 6.60. The highest BCUT2D eigenvalue weighted by molar-refractivity contribution is 6.07. The van der Waals surface area contributed by atoms with E-state index in [-0.39, 0.29) is 11.2 Å². The molecule has 140 valence electrons. The number of carbonyl (C=O) groups excluding carboxylic acids is 1. The zero-order valence-electron chi connectivity index (χ0n) is 15.9. The van der Waals surface area contributed by atoms with Crippen molar-refractivity contribution in [3.63, 3.8) is 0 Å². The summed E-state index contributed by atoms with van der Waals surface area (Å²) < 4.78 is 5.44. The number of Topliss-reactive ketones (excluding diaryl/α,β-unsaturated/α-hetero) is 1. The number of anilines is 2. The van der Waals surface area contributed by atoms with Gasteiger partial charge in [0.15, 0.2) is 5.78 Å². The van der Waals surface area contributed by atoms with Crippen molar-refractivity contribution in [2.45, 2.75) is 26.7 Å². The Kier molecular flexibility index (Phi) is 3.66. The van der Waals surface area contributed by atoms with Crippen molar-refractivity contribution in [2.24, 2.45) is 5.41 Å². The number of pyridine rings is 1. The maximum absolute atomic E-state index is 13.0. The Morgan fingerprint density at radius 2 is 1.93 bits per heavy atom. The lowest BCUT2D eigenvalue weighted by Gasteiger charge is -2.28. The number of nitrogens with one attached hydrogen (secondary N) is 2. The van der Waals surface area contributed by atoms with Crippen LogP contribution in [0.2, 0.25) is 0 Å². The Labute approximate surface area is 162 Å². The van der Waals surface area contributed by atoms with E-state index < -0.39 is 0 Å². The van der Waals surface area contributed by atoms with E-state index in [2.05, 4.69) is 29.1 Å². The molecule has 1 aromatic carbocycles. The summed E-state index contributed by atoms with van der Waals surface area (Å²) in [5.41, 5.74) is 6.25. The van der Waals surface area contributed by atoms with Crippen LogP contribution >= 0.6 is 0 Å². The Balaban J connectivity index is 1.66. The summed E-state index contributed by atoms with van der Waals surface area (Å²) in [6.45, 7) is 4.28. The lowest BCUT2D eigenvalue weighted by molar-refractivity contribution is 0.0912. The van der Waals surface area contributed by atoms with E-state index in [4.69, 9.17) is 4.42 Å². The van der Waals surface area contributed by atoms with Gasteiger partial charge >= 0.3 is 0 Å². The number of furan rings is 1. The van der Waals surface area contributed by atoms with Crippen molar-refractivity contribution in [1.82, 2.24) is 9.97 Å². The SMILES string of the molecule is CC1(C)CC(=O)c2c([nH]c(-c3ccncc3)c2Nc2ccc3occc3c2)C1. The lowest BCUT2D eigenvalue weighted by Crippen LogP contribution is -2.26. The molecule has 0 bridgehead atoms. The van der Waals surface area contributed by atoms with Gasteiger partial charge in [-0.2, -0.15) is 0 Å². The quantitative estimate of drug-likeness (QED) is 0.483. The van der Waals surface area contributed by atoms with Crippen LogP contribution in [-0.2, 0) is 6.42 Å². The molecule has 5 nitrogen and oxygen atoms in total. The van der Waals surface area contributed by atoms with Crippen molar-refractivity contribution in [1.29, 1.82) is 0 Å². The largest absolute Gasteiger partial charge is 0.464 e. The second kappa shape index (κ2) is 6.09. The molecule has 4 aromatic rings. The van der Waals surface area contributed by atoms with E-state index in [1.165, 1.54) is 0 Å². The van der Waals surface area contributed by atoms with Gasteiger partial charge in [0.2, 0.25) is 0 Å². The van der Waals surface area contributed by atoms with E-state index in [1.54, 1.807) is 18.7 Å². The van der Waals surface area contributed by atoms with Crippen molar-refractivity contribution in [3.05, 3.63) is 66.3 Å². The third-order valence-electron chi connectivity index (χ3n) is 5.34. The highest BCUT2D eigenvalue weighted by atomic mass is 16.3. The fraction of sp³-hybridized carbons (Fsp3) is 0.217. The molecule has 0 atom stereocenters. The highest BCUT2D eigenvalue weighted by Gasteiger charge is 2.35. The van der Waals surface area contributed by atoms with Crippen LogP contribution in [0.3, 0.4) is 0 Å². The van der Waals surface area contributed by atoms with Gasteiger partial charge in [-0.3, -0.25) is 9.78 Å². The first kappa shape index (κ1) is 16.8. The zero-order valence-corrected chi connectivity index (χ0v) is 15.9. The van der Waals surface area contributed by atoms with E-state index in [0.29, 0.717) is 6.42 Å². The second-order valence-electron chi connectivity index (χ2n) is 8.20. The third-order valence-corrected chi connectivity index (χ3v) is 5.34. The number of rotatable bonds is 3. The topological polar surface area (TPSA) is 70.9 Å². The van der Waals surface area contributed by atoms with E-state index in [9.17, 15) is 4.79 Å². The summed E-state index contributed by atoms with van der Waals surface area (Å²) in [6, 6.07) is 11.8. The lowest BCUT2D eigenvalue weighted by atomic mass is 9.76. The van der Waals surface area contributed by atoms with Gasteiger partial charge in [-0.1, -0.05) is 13.8 Å². The molecule has 1 aliphatic rings. The van der Waals surface area contributed by atoms with Crippen molar-refractivity contribution >= 4 is 28.1 Å². The smallest absolute Gasteiger partial charge is 0.167 e. The zero-order chi connectivity index (χ0) is 19.3. The Morgan fingerprint density at radius 1 is 1.11 bits per heavy atom. The first-order valence-electron chi connectivity index (χ1n) is 9.43. The van der Waals surface area contributed by atoms with Crippen LogP contribution in [0.15, 0.2) is 59.5 Å². The molecule has 0 saturated heterocycles. The Hall–Kier alpha value is -3.34. The van der Waals surface area contributed by atoms with Crippen LogP contribution in [-0.4, -0.2) is 15.8 Å². The molecule has 3 heterocycles. The number of H-pyrrole nitrogens is 1. The molecule has 5 heteroatoms. The number of carbonyl (C=O) groups is 1.